The summed E-state index contributed by atoms with van der Waals surface area (Å²) in [7, 11) is -1.66. The fourth-order valence-electron chi connectivity index (χ4n) is 1.07. The van der Waals surface area contributed by atoms with Gasteiger partial charge in [0, 0.05) is 19.7 Å². The van der Waals surface area contributed by atoms with Crippen LogP contribution in [-0.2, 0) is 17.1 Å². The van der Waals surface area contributed by atoms with Gasteiger partial charge in [-0.3, -0.25) is 9.40 Å². The zero-order valence-electron chi connectivity index (χ0n) is 8.19. The summed E-state index contributed by atoms with van der Waals surface area (Å²) in [5.74, 6) is 0.368. The summed E-state index contributed by atoms with van der Waals surface area (Å²) in [6.07, 6.45) is 0. The molecule has 0 saturated carbocycles. The molecule has 0 aliphatic heterocycles. The largest absolute Gasteiger partial charge is 0.329 e. The molecule has 1 aromatic heterocycles. The first kappa shape index (κ1) is 11.0. The van der Waals surface area contributed by atoms with Crippen molar-refractivity contribution in [1.82, 2.24) is 9.78 Å². The van der Waals surface area contributed by atoms with Gasteiger partial charge in [0.05, 0.1) is 11.4 Å². The molecular weight excluding hydrogens is 204 g/mol. The fourth-order valence-corrected chi connectivity index (χ4v) is 1.99. The standard InChI is InChI=1S/C7H14N4O2S/c1-6-5-7(11(2)9-6)10-14(12,13)4-3-8/h5,10H,3-4,8H2,1-2H3. The van der Waals surface area contributed by atoms with Crippen LogP contribution in [0.3, 0.4) is 0 Å². The maximum atomic E-state index is 11.3. The number of aryl methyl sites for hydroxylation is 2. The highest BCUT2D eigenvalue weighted by molar-refractivity contribution is 7.92. The predicted octanol–water partition coefficient (Wildman–Crippen LogP) is -0.571. The van der Waals surface area contributed by atoms with Crippen molar-refractivity contribution in [3.8, 4) is 0 Å². The summed E-state index contributed by atoms with van der Waals surface area (Å²) in [4.78, 5) is 0. The summed E-state index contributed by atoms with van der Waals surface area (Å²) >= 11 is 0. The Morgan fingerprint density at radius 3 is 2.71 bits per heavy atom. The molecular formula is C7H14N4O2S. The third kappa shape index (κ3) is 2.71. The van der Waals surface area contributed by atoms with Crippen LogP contribution < -0.4 is 10.5 Å². The highest BCUT2D eigenvalue weighted by Crippen LogP contribution is 2.09. The van der Waals surface area contributed by atoms with Gasteiger partial charge in [0.15, 0.2) is 0 Å². The zero-order chi connectivity index (χ0) is 10.8. The maximum Gasteiger partial charge on any atom is 0.235 e. The van der Waals surface area contributed by atoms with Gasteiger partial charge >= 0.3 is 0 Å². The molecule has 1 aromatic rings. The number of nitrogens with two attached hydrogens (primary N) is 1. The number of nitrogens with zero attached hydrogens (tertiary/aromatic N) is 2. The van der Waals surface area contributed by atoms with Crippen molar-refractivity contribution in [2.45, 2.75) is 6.92 Å². The van der Waals surface area contributed by atoms with Gasteiger partial charge in [-0.15, -0.1) is 0 Å². The normalized spacial score (nSPS) is 11.6. The molecule has 14 heavy (non-hydrogen) atoms. The van der Waals surface area contributed by atoms with E-state index in [0.717, 1.165) is 5.69 Å². The third-order valence-electron chi connectivity index (χ3n) is 1.65. The Kier molecular flexibility index (Phi) is 3.12. The van der Waals surface area contributed by atoms with Crippen molar-refractivity contribution < 1.29 is 8.42 Å². The van der Waals surface area contributed by atoms with E-state index < -0.39 is 10.0 Å². The van der Waals surface area contributed by atoms with Crippen molar-refractivity contribution in [3.05, 3.63) is 11.8 Å². The van der Waals surface area contributed by atoms with Gasteiger partial charge in [0.2, 0.25) is 10.0 Å². The minimum Gasteiger partial charge on any atom is -0.329 e. The van der Waals surface area contributed by atoms with Crippen LogP contribution >= 0.6 is 0 Å². The first-order chi connectivity index (χ1) is 6.44. The van der Waals surface area contributed by atoms with Gasteiger partial charge < -0.3 is 5.73 Å². The second-order valence-corrected chi connectivity index (χ2v) is 4.85. The highest BCUT2D eigenvalue weighted by Gasteiger charge is 2.11. The Balaban J connectivity index is 2.83. The summed E-state index contributed by atoms with van der Waals surface area (Å²) in [6, 6.07) is 1.66. The van der Waals surface area contributed by atoms with E-state index in [2.05, 4.69) is 9.82 Å². The van der Waals surface area contributed by atoms with E-state index in [1.54, 1.807) is 20.0 Å². The Hall–Kier alpha value is -1.08. The lowest BCUT2D eigenvalue weighted by molar-refractivity contribution is 0.600. The molecule has 3 N–H and O–H groups in total. The summed E-state index contributed by atoms with van der Waals surface area (Å²) in [5.41, 5.74) is 5.93. The number of hydrogen-bond donors (Lipinski definition) is 2. The molecule has 6 nitrogen and oxygen atoms in total. The van der Waals surface area contributed by atoms with Crippen molar-refractivity contribution >= 4 is 15.8 Å². The Labute approximate surface area is 83.1 Å². The molecule has 0 amide bonds. The smallest absolute Gasteiger partial charge is 0.235 e. The topological polar surface area (TPSA) is 90.0 Å². The lowest BCUT2D eigenvalue weighted by atomic mass is 10.5. The molecule has 0 bridgehead atoms. The van der Waals surface area contributed by atoms with Crippen molar-refractivity contribution in [2.24, 2.45) is 12.8 Å². The fraction of sp³-hybridized carbons (Fsp3) is 0.571. The second-order valence-electron chi connectivity index (χ2n) is 3.00. The van der Waals surface area contributed by atoms with Gasteiger partial charge in [-0.2, -0.15) is 5.10 Å². The van der Waals surface area contributed by atoms with Crippen molar-refractivity contribution in [1.29, 1.82) is 0 Å². The van der Waals surface area contributed by atoms with Crippen molar-refractivity contribution in [3.63, 3.8) is 0 Å². The monoisotopic (exact) mass is 218 g/mol. The van der Waals surface area contributed by atoms with Crippen LogP contribution in [0.2, 0.25) is 0 Å². The zero-order valence-corrected chi connectivity index (χ0v) is 9.00. The summed E-state index contributed by atoms with van der Waals surface area (Å²) in [5, 5.41) is 4.01. The average molecular weight is 218 g/mol. The maximum absolute atomic E-state index is 11.3. The minimum absolute atomic E-state index is 0.0861. The quantitative estimate of drug-likeness (QED) is 0.708. The Morgan fingerprint density at radius 2 is 2.29 bits per heavy atom. The lowest BCUT2D eigenvalue weighted by Crippen LogP contribution is -2.23. The SMILES string of the molecule is Cc1cc(NS(=O)(=O)CCN)n(C)n1. The summed E-state index contributed by atoms with van der Waals surface area (Å²) < 4.78 is 26.5. The first-order valence-corrected chi connectivity index (χ1v) is 5.81. The number of hydrogen-bond acceptors (Lipinski definition) is 4. The van der Waals surface area contributed by atoms with Crippen LogP contribution in [0.5, 0.6) is 0 Å². The highest BCUT2D eigenvalue weighted by atomic mass is 32.2. The first-order valence-electron chi connectivity index (χ1n) is 4.16. The van der Waals surface area contributed by atoms with Gasteiger partial charge in [-0.25, -0.2) is 8.42 Å². The summed E-state index contributed by atoms with van der Waals surface area (Å²) in [6.45, 7) is 1.90. The Bertz CT molecular complexity index is 409. The minimum atomic E-state index is -3.33. The van der Waals surface area contributed by atoms with Gasteiger partial charge in [0.1, 0.15) is 5.82 Å². The number of rotatable bonds is 4. The Morgan fingerprint density at radius 1 is 1.64 bits per heavy atom. The molecule has 0 atom stereocenters. The molecule has 7 heteroatoms. The molecule has 0 aromatic carbocycles. The van der Waals surface area contributed by atoms with Crippen molar-refractivity contribution in [2.75, 3.05) is 17.0 Å². The molecule has 1 rings (SSSR count). The number of sulfonamides is 1. The van der Waals surface area contributed by atoms with E-state index >= 15 is 0 Å². The van der Waals surface area contributed by atoms with Crippen LogP contribution in [0.1, 0.15) is 5.69 Å². The number of aromatic nitrogens is 2. The van der Waals surface area contributed by atoms with Gasteiger partial charge in [0.25, 0.3) is 0 Å². The molecule has 0 radical (unpaired) electrons. The molecule has 80 valence electrons. The molecule has 0 unspecified atom stereocenters. The van der Waals surface area contributed by atoms with Gasteiger partial charge in [-0.1, -0.05) is 0 Å². The number of nitrogens with one attached hydrogen (secondary N) is 1. The van der Waals surface area contributed by atoms with Crippen LogP contribution in [0, 0.1) is 6.92 Å². The molecule has 0 saturated heterocycles. The third-order valence-corrected chi connectivity index (χ3v) is 2.94. The van der Waals surface area contributed by atoms with Crippen LogP contribution in [0.4, 0.5) is 5.82 Å². The number of anilines is 1. The van der Waals surface area contributed by atoms with Crippen LogP contribution in [0.15, 0.2) is 6.07 Å². The van der Waals surface area contributed by atoms with E-state index in [4.69, 9.17) is 5.73 Å². The molecule has 0 aliphatic carbocycles. The molecule has 1 heterocycles. The average Bonchev–Trinajstić information content (AvgIpc) is 2.28. The molecule has 0 spiro atoms. The van der Waals surface area contributed by atoms with Crippen LogP contribution in [0.25, 0.3) is 0 Å². The van der Waals surface area contributed by atoms with E-state index in [0.29, 0.717) is 5.82 Å². The second kappa shape index (κ2) is 3.97. The predicted molar refractivity (Wildman–Crippen MR) is 54.4 cm³/mol. The van der Waals surface area contributed by atoms with Gasteiger partial charge in [-0.05, 0) is 6.92 Å². The van der Waals surface area contributed by atoms with E-state index in [-0.39, 0.29) is 12.3 Å². The molecule has 0 fully saturated rings. The van der Waals surface area contributed by atoms with E-state index in [1.165, 1.54) is 4.68 Å². The van der Waals surface area contributed by atoms with Crippen LogP contribution in [-0.4, -0.2) is 30.5 Å². The lowest BCUT2D eigenvalue weighted by Gasteiger charge is -2.05. The van der Waals surface area contributed by atoms with E-state index in [1.807, 2.05) is 0 Å². The molecule has 0 aliphatic rings. The van der Waals surface area contributed by atoms with E-state index in [9.17, 15) is 8.42 Å².